The lowest BCUT2D eigenvalue weighted by molar-refractivity contribution is 0.615. The van der Waals surface area contributed by atoms with Crippen molar-refractivity contribution in [2.75, 3.05) is 24.2 Å². The van der Waals surface area contributed by atoms with E-state index in [4.69, 9.17) is 0 Å². The molecule has 2 aromatic rings. The van der Waals surface area contributed by atoms with E-state index in [2.05, 4.69) is 25.6 Å². The lowest BCUT2D eigenvalue weighted by Crippen LogP contribution is -2.12. The number of nitrogens with one attached hydrogen (secondary N) is 2. The van der Waals surface area contributed by atoms with Crippen LogP contribution in [0.2, 0.25) is 0 Å². The lowest BCUT2D eigenvalue weighted by atomic mass is 10.5. The smallest absolute Gasteiger partial charge is 0.224 e. The zero-order chi connectivity index (χ0) is 12.1. The van der Waals surface area contributed by atoms with E-state index in [0.29, 0.717) is 19.0 Å². The van der Waals surface area contributed by atoms with Gasteiger partial charge in [0, 0.05) is 32.5 Å². The molecular formula is C10H13FN6. The Labute approximate surface area is 97.9 Å². The number of hydrogen-bond donors (Lipinski definition) is 2. The Kier molecular flexibility index (Phi) is 3.49. The van der Waals surface area contributed by atoms with E-state index in [0.717, 1.165) is 6.20 Å². The van der Waals surface area contributed by atoms with Gasteiger partial charge in [-0.15, -0.1) is 0 Å². The van der Waals surface area contributed by atoms with E-state index in [1.807, 2.05) is 10.8 Å². The Balaban J connectivity index is 1.94. The summed E-state index contributed by atoms with van der Waals surface area (Å²) in [6.45, 7) is 1.26. The topological polar surface area (TPSA) is 67.7 Å². The van der Waals surface area contributed by atoms with Crippen molar-refractivity contribution < 1.29 is 4.39 Å². The molecule has 0 atom stereocenters. The summed E-state index contributed by atoms with van der Waals surface area (Å²) in [7, 11) is 1.68. The Hall–Kier alpha value is -2.18. The highest BCUT2D eigenvalue weighted by Crippen LogP contribution is 2.10. The third kappa shape index (κ3) is 2.90. The molecule has 90 valence electrons. The van der Waals surface area contributed by atoms with Crippen molar-refractivity contribution in [3.8, 4) is 0 Å². The van der Waals surface area contributed by atoms with Gasteiger partial charge in [-0.2, -0.15) is 4.98 Å². The molecule has 0 unspecified atom stereocenters. The minimum absolute atomic E-state index is 0.199. The zero-order valence-corrected chi connectivity index (χ0v) is 9.39. The van der Waals surface area contributed by atoms with E-state index in [-0.39, 0.29) is 5.82 Å². The van der Waals surface area contributed by atoms with E-state index < -0.39 is 5.82 Å². The number of imidazole rings is 1. The molecule has 0 saturated heterocycles. The van der Waals surface area contributed by atoms with Gasteiger partial charge < -0.3 is 15.2 Å². The molecule has 0 spiro atoms. The third-order valence-electron chi connectivity index (χ3n) is 2.19. The van der Waals surface area contributed by atoms with E-state index in [1.165, 1.54) is 0 Å². The van der Waals surface area contributed by atoms with Crippen molar-refractivity contribution in [2.45, 2.75) is 6.54 Å². The van der Waals surface area contributed by atoms with Gasteiger partial charge in [0.05, 0.1) is 12.5 Å². The lowest BCUT2D eigenvalue weighted by Gasteiger charge is -2.08. The van der Waals surface area contributed by atoms with Gasteiger partial charge in [-0.25, -0.2) is 14.4 Å². The van der Waals surface area contributed by atoms with E-state index in [9.17, 15) is 4.39 Å². The van der Waals surface area contributed by atoms with Crippen LogP contribution >= 0.6 is 0 Å². The number of halogens is 1. The Bertz CT molecular complexity index is 470. The first kappa shape index (κ1) is 11.3. The molecule has 0 aromatic carbocycles. The van der Waals surface area contributed by atoms with Crippen LogP contribution in [0.25, 0.3) is 0 Å². The standard InChI is InChI=1S/C10H13FN6/c1-12-10-15-6-8(11)9(16-10)14-3-5-17-4-2-13-7-17/h2,4,6-7H,3,5H2,1H3,(H2,12,14,15,16). The van der Waals surface area contributed by atoms with Crippen LogP contribution in [0.15, 0.2) is 24.9 Å². The van der Waals surface area contributed by atoms with Crippen LogP contribution in [-0.4, -0.2) is 33.1 Å². The highest BCUT2D eigenvalue weighted by atomic mass is 19.1. The second-order valence-electron chi connectivity index (χ2n) is 3.37. The van der Waals surface area contributed by atoms with E-state index in [1.54, 1.807) is 19.6 Å². The number of hydrogen-bond acceptors (Lipinski definition) is 5. The molecule has 2 aromatic heterocycles. The van der Waals surface area contributed by atoms with E-state index >= 15 is 0 Å². The molecule has 17 heavy (non-hydrogen) atoms. The molecule has 7 heteroatoms. The summed E-state index contributed by atoms with van der Waals surface area (Å²) in [5, 5.41) is 5.67. The molecule has 0 aliphatic rings. The second kappa shape index (κ2) is 5.24. The van der Waals surface area contributed by atoms with Crippen LogP contribution < -0.4 is 10.6 Å². The highest BCUT2D eigenvalue weighted by Gasteiger charge is 2.05. The summed E-state index contributed by atoms with van der Waals surface area (Å²) >= 11 is 0. The van der Waals surface area contributed by atoms with Crippen molar-refractivity contribution in [1.29, 1.82) is 0 Å². The van der Waals surface area contributed by atoms with Gasteiger partial charge in [-0.05, 0) is 0 Å². The van der Waals surface area contributed by atoms with Gasteiger partial charge in [-0.1, -0.05) is 0 Å². The molecule has 6 nitrogen and oxygen atoms in total. The average molecular weight is 236 g/mol. The molecule has 0 aliphatic carbocycles. The number of aromatic nitrogens is 4. The fraction of sp³-hybridized carbons (Fsp3) is 0.300. The van der Waals surface area contributed by atoms with Crippen molar-refractivity contribution in [1.82, 2.24) is 19.5 Å². The number of nitrogens with zero attached hydrogens (tertiary/aromatic N) is 4. The van der Waals surface area contributed by atoms with Crippen LogP contribution in [0.4, 0.5) is 16.2 Å². The second-order valence-corrected chi connectivity index (χ2v) is 3.37. The maximum absolute atomic E-state index is 13.3. The molecule has 0 fully saturated rings. The third-order valence-corrected chi connectivity index (χ3v) is 2.19. The molecule has 0 aliphatic heterocycles. The van der Waals surface area contributed by atoms with Gasteiger partial charge in [0.25, 0.3) is 0 Å². The van der Waals surface area contributed by atoms with Gasteiger partial charge in [0.1, 0.15) is 0 Å². The molecule has 2 heterocycles. The van der Waals surface area contributed by atoms with Crippen LogP contribution in [0.5, 0.6) is 0 Å². The van der Waals surface area contributed by atoms with Crippen molar-refractivity contribution in [3.05, 3.63) is 30.7 Å². The molecule has 2 rings (SSSR count). The average Bonchev–Trinajstić information content (AvgIpc) is 2.84. The normalized spacial score (nSPS) is 10.2. The Morgan fingerprint density at radius 1 is 1.47 bits per heavy atom. The first-order valence-electron chi connectivity index (χ1n) is 5.19. The molecule has 0 saturated carbocycles. The van der Waals surface area contributed by atoms with Crippen LogP contribution in [0.3, 0.4) is 0 Å². The predicted octanol–water partition coefficient (Wildman–Crippen LogP) is 0.966. The number of anilines is 2. The van der Waals surface area contributed by atoms with Crippen molar-refractivity contribution in [3.63, 3.8) is 0 Å². The molecule has 0 amide bonds. The maximum Gasteiger partial charge on any atom is 0.224 e. The van der Waals surface area contributed by atoms with Crippen LogP contribution in [-0.2, 0) is 6.54 Å². The van der Waals surface area contributed by atoms with Crippen molar-refractivity contribution in [2.24, 2.45) is 0 Å². The monoisotopic (exact) mass is 236 g/mol. The predicted molar refractivity (Wildman–Crippen MR) is 62.3 cm³/mol. The summed E-state index contributed by atoms with van der Waals surface area (Å²) in [5.41, 5.74) is 0. The highest BCUT2D eigenvalue weighted by molar-refractivity contribution is 5.40. The summed E-state index contributed by atoms with van der Waals surface area (Å²) in [4.78, 5) is 11.7. The molecule has 0 radical (unpaired) electrons. The first-order valence-corrected chi connectivity index (χ1v) is 5.19. The fourth-order valence-corrected chi connectivity index (χ4v) is 1.33. The zero-order valence-electron chi connectivity index (χ0n) is 9.39. The fourth-order valence-electron chi connectivity index (χ4n) is 1.33. The molecular weight excluding hydrogens is 223 g/mol. The van der Waals surface area contributed by atoms with Crippen LogP contribution in [0.1, 0.15) is 0 Å². The minimum atomic E-state index is -0.463. The largest absolute Gasteiger partial charge is 0.366 e. The SMILES string of the molecule is CNc1ncc(F)c(NCCn2ccnc2)n1. The Morgan fingerprint density at radius 2 is 2.35 bits per heavy atom. The van der Waals surface area contributed by atoms with Crippen LogP contribution in [0, 0.1) is 5.82 Å². The number of rotatable bonds is 5. The van der Waals surface area contributed by atoms with Gasteiger partial charge in [0.15, 0.2) is 11.6 Å². The van der Waals surface area contributed by atoms with Gasteiger partial charge in [0.2, 0.25) is 5.95 Å². The summed E-state index contributed by atoms with van der Waals surface area (Å²) < 4.78 is 15.2. The first-order chi connectivity index (χ1) is 8.29. The minimum Gasteiger partial charge on any atom is -0.366 e. The maximum atomic E-state index is 13.3. The van der Waals surface area contributed by atoms with Gasteiger partial charge >= 0.3 is 0 Å². The summed E-state index contributed by atoms with van der Waals surface area (Å²) in [6.07, 6.45) is 6.39. The Morgan fingerprint density at radius 3 is 3.06 bits per heavy atom. The van der Waals surface area contributed by atoms with Gasteiger partial charge in [-0.3, -0.25) is 0 Å². The summed E-state index contributed by atoms with van der Waals surface area (Å²) in [5.74, 6) is 0.121. The molecule has 2 N–H and O–H groups in total. The van der Waals surface area contributed by atoms with Crippen molar-refractivity contribution >= 4 is 11.8 Å². The molecule has 0 bridgehead atoms. The quantitative estimate of drug-likeness (QED) is 0.809. The summed E-state index contributed by atoms with van der Waals surface area (Å²) in [6, 6.07) is 0.